The van der Waals surface area contributed by atoms with Crippen LogP contribution in [-0.2, 0) is 6.54 Å². The maximum absolute atomic E-state index is 11.0. The molecule has 0 fully saturated rings. The van der Waals surface area contributed by atoms with Crippen molar-refractivity contribution in [2.75, 3.05) is 6.54 Å². The van der Waals surface area contributed by atoms with Gasteiger partial charge in [0, 0.05) is 6.54 Å². The minimum absolute atomic E-state index is 0.224. The molecule has 0 atom stereocenters. The molecule has 0 aliphatic heterocycles. The van der Waals surface area contributed by atoms with Crippen LogP contribution in [0.4, 0.5) is 0 Å². The van der Waals surface area contributed by atoms with Crippen molar-refractivity contribution in [1.82, 2.24) is 15.0 Å². The van der Waals surface area contributed by atoms with Crippen molar-refractivity contribution in [3.63, 3.8) is 0 Å². The highest BCUT2D eigenvalue weighted by atomic mass is 16.1. The molecule has 1 aromatic heterocycles. The van der Waals surface area contributed by atoms with Crippen molar-refractivity contribution in [2.45, 2.75) is 6.54 Å². The van der Waals surface area contributed by atoms with Crippen LogP contribution >= 0.6 is 0 Å². The van der Waals surface area contributed by atoms with E-state index >= 15 is 0 Å². The first kappa shape index (κ1) is 8.61. The molecule has 0 aliphatic carbocycles. The molecule has 0 unspecified atom stereocenters. The molecule has 12 heavy (non-hydrogen) atoms. The third-order valence-electron chi connectivity index (χ3n) is 1.33. The quantitative estimate of drug-likeness (QED) is 0.488. The van der Waals surface area contributed by atoms with E-state index in [-0.39, 0.29) is 5.78 Å². The number of rotatable bonds is 4. The largest absolute Gasteiger partial charge is 0.329 e. The summed E-state index contributed by atoms with van der Waals surface area (Å²) in [6.45, 7) is 4.39. The number of carbonyl (C=O) groups excluding carboxylic acids is 1. The van der Waals surface area contributed by atoms with Gasteiger partial charge in [0.25, 0.3) is 0 Å². The first-order chi connectivity index (χ1) is 5.77. The third kappa shape index (κ3) is 1.76. The van der Waals surface area contributed by atoms with Crippen molar-refractivity contribution in [1.29, 1.82) is 0 Å². The van der Waals surface area contributed by atoms with Crippen LogP contribution in [0.15, 0.2) is 18.9 Å². The number of aromatic nitrogens is 3. The van der Waals surface area contributed by atoms with Gasteiger partial charge in [0.15, 0.2) is 5.69 Å². The van der Waals surface area contributed by atoms with E-state index in [1.54, 1.807) is 6.20 Å². The van der Waals surface area contributed by atoms with E-state index in [1.807, 2.05) is 0 Å². The van der Waals surface area contributed by atoms with Crippen LogP contribution in [0.3, 0.4) is 0 Å². The molecule has 2 N–H and O–H groups in total. The lowest BCUT2D eigenvalue weighted by Gasteiger charge is -1.91. The van der Waals surface area contributed by atoms with Crippen LogP contribution < -0.4 is 5.73 Å². The Morgan fingerprint density at radius 2 is 2.58 bits per heavy atom. The van der Waals surface area contributed by atoms with Gasteiger partial charge >= 0.3 is 0 Å². The number of carbonyl (C=O) groups is 1. The Bertz CT molecular complexity index is 291. The molecular weight excluding hydrogens is 156 g/mol. The van der Waals surface area contributed by atoms with Crippen LogP contribution in [0.25, 0.3) is 0 Å². The number of allylic oxidation sites excluding steroid dienone is 1. The average Bonchev–Trinajstić information content (AvgIpc) is 2.52. The van der Waals surface area contributed by atoms with Gasteiger partial charge in [0.2, 0.25) is 5.78 Å². The zero-order chi connectivity index (χ0) is 8.97. The van der Waals surface area contributed by atoms with Gasteiger partial charge in [-0.05, 0) is 6.08 Å². The molecule has 0 saturated heterocycles. The SMILES string of the molecule is C=CC(=O)c1cn(CCN)nn1. The third-order valence-corrected chi connectivity index (χ3v) is 1.33. The second kappa shape index (κ2) is 3.77. The molecule has 0 spiro atoms. The first-order valence-electron chi connectivity index (χ1n) is 3.55. The molecule has 1 aromatic rings. The van der Waals surface area contributed by atoms with E-state index < -0.39 is 0 Å². The lowest BCUT2D eigenvalue weighted by atomic mass is 10.3. The molecule has 64 valence electrons. The topological polar surface area (TPSA) is 73.8 Å². The predicted molar refractivity (Wildman–Crippen MR) is 43.6 cm³/mol. The summed E-state index contributed by atoms with van der Waals surface area (Å²) in [7, 11) is 0. The Balaban J connectivity index is 2.76. The number of hydrogen-bond acceptors (Lipinski definition) is 4. The van der Waals surface area contributed by atoms with Crippen LogP contribution in [0, 0.1) is 0 Å². The van der Waals surface area contributed by atoms with Gasteiger partial charge in [-0.25, -0.2) is 0 Å². The van der Waals surface area contributed by atoms with Crippen molar-refractivity contribution in [3.05, 3.63) is 24.5 Å². The van der Waals surface area contributed by atoms with Crippen molar-refractivity contribution >= 4 is 5.78 Å². The summed E-state index contributed by atoms with van der Waals surface area (Å²) in [5, 5.41) is 7.34. The summed E-state index contributed by atoms with van der Waals surface area (Å²) >= 11 is 0. The van der Waals surface area contributed by atoms with Gasteiger partial charge < -0.3 is 5.73 Å². The highest BCUT2D eigenvalue weighted by Gasteiger charge is 2.05. The Hall–Kier alpha value is -1.49. The molecular formula is C7H10N4O. The molecule has 0 aromatic carbocycles. The molecule has 0 amide bonds. The fraction of sp³-hybridized carbons (Fsp3) is 0.286. The number of ketones is 1. The first-order valence-corrected chi connectivity index (χ1v) is 3.55. The minimum atomic E-state index is -0.224. The molecule has 0 bridgehead atoms. The summed E-state index contributed by atoms with van der Waals surface area (Å²) in [6, 6.07) is 0. The standard InChI is InChI=1S/C7H10N4O/c1-2-7(12)6-5-11(4-3-8)10-9-6/h2,5H,1,3-4,8H2. The summed E-state index contributed by atoms with van der Waals surface area (Å²) < 4.78 is 1.52. The van der Waals surface area contributed by atoms with E-state index in [4.69, 9.17) is 5.73 Å². The van der Waals surface area contributed by atoms with E-state index in [0.29, 0.717) is 18.8 Å². The summed E-state index contributed by atoms with van der Waals surface area (Å²) in [4.78, 5) is 11.0. The van der Waals surface area contributed by atoms with Gasteiger partial charge in [-0.3, -0.25) is 9.48 Å². The molecule has 0 radical (unpaired) electrons. The van der Waals surface area contributed by atoms with Crippen LogP contribution in [-0.4, -0.2) is 27.3 Å². The molecule has 1 rings (SSSR count). The lowest BCUT2D eigenvalue weighted by Crippen LogP contribution is -2.10. The zero-order valence-electron chi connectivity index (χ0n) is 6.60. The highest BCUT2D eigenvalue weighted by molar-refractivity contribution is 6.02. The molecule has 0 aliphatic rings. The zero-order valence-corrected chi connectivity index (χ0v) is 6.60. The average molecular weight is 166 g/mol. The van der Waals surface area contributed by atoms with Gasteiger partial charge in [0.1, 0.15) is 0 Å². The second-order valence-electron chi connectivity index (χ2n) is 2.22. The van der Waals surface area contributed by atoms with Crippen LogP contribution in [0.2, 0.25) is 0 Å². The van der Waals surface area contributed by atoms with Gasteiger partial charge in [-0.2, -0.15) is 0 Å². The van der Waals surface area contributed by atoms with Gasteiger partial charge in [-0.1, -0.05) is 11.8 Å². The maximum Gasteiger partial charge on any atom is 0.207 e. The van der Waals surface area contributed by atoms with E-state index in [1.165, 1.54) is 10.8 Å². The highest BCUT2D eigenvalue weighted by Crippen LogP contribution is 1.94. The Morgan fingerprint density at radius 3 is 3.17 bits per heavy atom. The molecule has 5 heteroatoms. The Morgan fingerprint density at radius 1 is 1.83 bits per heavy atom. The maximum atomic E-state index is 11.0. The van der Waals surface area contributed by atoms with Crippen molar-refractivity contribution in [3.8, 4) is 0 Å². The summed E-state index contributed by atoms with van der Waals surface area (Å²) in [5.41, 5.74) is 5.59. The minimum Gasteiger partial charge on any atom is -0.329 e. The molecule has 1 heterocycles. The summed E-state index contributed by atoms with van der Waals surface area (Å²) in [6.07, 6.45) is 2.76. The van der Waals surface area contributed by atoms with E-state index in [9.17, 15) is 4.79 Å². The van der Waals surface area contributed by atoms with Gasteiger partial charge in [-0.15, -0.1) is 5.10 Å². The molecule has 0 saturated carbocycles. The predicted octanol–water partition coefficient (Wildman–Crippen LogP) is -0.395. The van der Waals surface area contributed by atoms with Crippen LogP contribution in [0.5, 0.6) is 0 Å². The number of hydrogen-bond donors (Lipinski definition) is 1. The Labute approximate surface area is 69.9 Å². The van der Waals surface area contributed by atoms with Crippen LogP contribution in [0.1, 0.15) is 10.5 Å². The van der Waals surface area contributed by atoms with Crippen molar-refractivity contribution in [2.24, 2.45) is 5.73 Å². The van der Waals surface area contributed by atoms with Gasteiger partial charge in [0.05, 0.1) is 12.7 Å². The second-order valence-corrected chi connectivity index (χ2v) is 2.22. The van der Waals surface area contributed by atoms with Crippen molar-refractivity contribution < 1.29 is 4.79 Å². The van der Waals surface area contributed by atoms with E-state index in [2.05, 4.69) is 16.9 Å². The fourth-order valence-electron chi connectivity index (χ4n) is 0.757. The smallest absolute Gasteiger partial charge is 0.207 e. The normalized spacial score (nSPS) is 9.75. The number of nitrogens with two attached hydrogens (primary N) is 1. The Kier molecular flexibility index (Phi) is 2.71. The monoisotopic (exact) mass is 166 g/mol. The van der Waals surface area contributed by atoms with E-state index in [0.717, 1.165) is 0 Å². The number of nitrogens with zero attached hydrogens (tertiary/aromatic N) is 3. The fourth-order valence-corrected chi connectivity index (χ4v) is 0.757. The summed E-state index contributed by atoms with van der Waals surface area (Å²) in [5.74, 6) is -0.224. The lowest BCUT2D eigenvalue weighted by molar-refractivity contribution is 0.104. The molecule has 5 nitrogen and oxygen atoms in total.